The maximum atomic E-state index is 13.5. The molecule has 1 amide bonds. The van der Waals surface area contributed by atoms with Gasteiger partial charge in [-0.3, -0.25) is 24.3 Å². The van der Waals surface area contributed by atoms with Crippen molar-refractivity contribution < 1.29 is 33.7 Å². The third-order valence-corrected chi connectivity index (χ3v) is 6.13. The van der Waals surface area contributed by atoms with Gasteiger partial charge in [-0.2, -0.15) is 0 Å². The smallest absolute Gasteiger partial charge is 0.310 e. The summed E-state index contributed by atoms with van der Waals surface area (Å²) >= 11 is 0. The molecule has 9 nitrogen and oxygen atoms in total. The lowest BCUT2D eigenvalue weighted by atomic mass is 9.95. The minimum Gasteiger partial charge on any atom is -0.507 e. The summed E-state index contributed by atoms with van der Waals surface area (Å²) in [7, 11) is 0. The third-order valence-electron chi connectivity index (χ3n) is 6.13. The van der Waals surface area contributed by atoms with Crippen LogP contribution in [0.5, 0.6) is 11.5 Å². The van der Waals surface area contributed by atoms with Gasteiger partial charge < -0.3 is 19.3 Å². The number of amides is 1. The number of nitrogens with zero attached hydrogens (tertiary/aromatic N) is 2. The van der Waals surface area contributed by atoms with Gasteiger partial charge in [0.05, 0.1) is 43.4 Å². The van der Waals surface area contributed by atoms with E-state index in [4.69, 9.17) is 14.2 Å². The molecule has 1 unspecified atom stereocenters. The number of pyridine rings is 1. The van der Waals surface area contributed by atoms with Crippen molar-refractivity contribution in [2.45, 2.75) is 33.2 Å². The molecule has 9 heteroatoms. The molecule has 1 aliphatic rings. The van der Waals surface area contributed by atoms with Crippen LogP contribution in [-0.2, 0) is 25.5 Å². The molecule has 2 aromatic carbocycles. The first kappa shape index (κ1) is 27.4. The number of ether oxygens (including phenoxy) is 3. The third kappa shape index (κ3) is 5.77. The van der Waals surface area contributed by atoms with Crippen molar-refractivity contribution >= 4 is 29.1 Å². The molecule has 0 bridgehead atoms. The maximum absolute atomic E-state index is 13.5. The molecule has 1 saturated heterocycles. The lowest BCUT2D eigenvalue weighted by Crippen LogP contribution is -2.29. The Morgan fingerprint density at radius 1 is 0.974 bits per heavy atom. The van der Waals surface area contributed by atoms with Crippen molar-refractivity contribution in [2.75, 3.05) is 24.7 Å². The van der Waals surface area contributed by atoms with Crippen LogP contribution in [0.15, 0.2) is 72.6 Å². The van der Waals surface area contributed by atoms with E-state index in [0.29, 0.717) is 41.5 Å². The van der Waals surface area contributed by atoms with Gasteiger partial charge >= 0.3 is 5.97 Å². The highest BCUT2D eigenvalue weighted by molar-refractivity contribution is 6.51. The zero-order chi connectivity index (χ0) is 27.9. The predicted molar refractivity (Wildman–Crippen MR) is 145 cm³/mol. The van der Waals surface area contributed by atoms with Crippen LogP contribution < -0.4 is 14.4 Å². The fourth-order valence-corrected chi connectivity index (χ4v) is 4.48. The number of esters is 1. The van der Waals surface area contributed by atoms with Gasteiger partial charge in [0.15, 0.2) is 0 Å². The summed E-state index contributed by atoms with van der Waals surface area (Å²) in [4.78, 5) is 44.3. The fraction of sp³-hybridized carbons (Fsp3) is 0.267. The van der Waals surface area contributed by atoms with Crippen molar-refractivity contribution in [3.05, 3.63) is 89.3 Å². The van der Waals surface area contributed by atoms with Crippen molar-refractivity contribution in [3.8, 4) is 11.5 Å². The van der Waals surface area contributed by atoms with Gasteiger partial charge in [0.2, 0.25) is 0 Å². The highest BCUT2D eigenvalue weighted by atomic mass is 16.5. The standard InChI is InChI=1S/C30H30N2O7/c1-4-37-22-13-14-23(24(17-22)38-5-2)28(34)26-27(20-8-7-15-31-18-20)32(30(36)29(26)35)21-11-9-19(10-12-21)16-25(33)39-6-3/h7-15,17-18,27,34H,4-6,16H2,1-3H3/b28-26-. The largest absolute Gasteiger partial charge is 0.507 e. The Morgan fingerprint density at radius 2 is 1.72 bits per heavy atom. The van der Waals surface area contributed by atoms with Crippen molar-refractivity contribution in [1.29, 1.82) is 0 Å². The summed E-state index contributed by atoms with van der Waals surface area (Å²) in [5.74, 6) is -1.50. The summed E-state index contributed by atoms with van der Waals surface area (Å²) in [6, 6.07) is 14.1. The average molecular weight is 531 g/mol. The number of hydrogen-bond donors (Lipinski definition) is 1. The van der Waals surface area contributed by atoms with Crippen LogP contribution in [-0.4, -0.2) is 47.6 Å². The van der Waals surface area contributed by atoms with Crippen LogP contribution in [0.1, 0.15) is 43.5 Å². The normalized spacial score (nSPS) is 16.3. The van der Waals surface area contributed by atoms with E-state index in [1.54, 1.807) is 80.8 Å². The maximum Gasteiger partial charge on any atom is 0.310 e. The van der Waals surface area contributed by atoms with Gasteiger partial charge in [-0.15, -0.1) is 0 Å². The number of aromatic nitrogens is 1. The van der Waals surface area contributed by atoms with E-state index in [0.717, 1.165) is 0 Å². The van der Waals surface area contributed by atoms with Gasteiger partial charge in [0, 0.05) is 24.1 Å². The van der Waals surface area contributed by atoms with E-state index in [1.165, 1.54) is 4.90 Å². The van der Waals surface area contributed by atoms with Crippen LogP contribution in [0.2, 0.25) is 0 Å². The molecule has 0 aliphatic carbocycles. The lowest BCUT2D eigenvalue weighted by Gasteiger charge is -2.25. The van der Waals surface area contributed by atoms with Crippen molar-refractivity contribution in [1.82, 2.24) is 4.98 Å². The first-order valence-electron chi connectivity index (χ1n) is 12.7. The number of hydrogen-bond acceptors (Lipinski definition) is 8. The topological polar surface area (TPSA) is 115 Å². The molecule has 1 atom stereocenters. The molecular weight excluding hydrogens is 500 g/mol. The Bertz CT molecular complexity index is 1380. The van der Waals surface area contributed by atoms with Gasteiger partial charge in [-0.25, -0.2) is 0 Å². The summed E-state index contributed by atoms with van der Waals surface area (Å²) in [6.07, 6.45) is 3.21. The molecule has 39 heavy (non-hydrogen) atoms. The molecule has 1 fully saturated rings. The van der Waals surface area contributed by atoms with Gasteiger partial charge in [-0.1, -0.05) is 18.2 Å². The number of carbonyl (C=O) groups is 3. The fourth-order valence-electron chi connectivity index (χ4n) is 4.48. The van der Waals surface area contributed by atoms with E-state index in [9.17, 15) is 19.5 Å². The molecule has 3 aromatic rings. The summed E-state index contributed by atoms with van der Waals surface area (Å²) in [5, 5.41) is 11.5. The van der Waals surface area contributed by atoms with E-state index < -0.39 is 17.7 Å². The van der Waals surface area contributed by atoms with E-state index in [-0.39, 0.29) is 35.9 Å². The van der Waals surface area contributed by atoms with Crippen molar-refractivity contribution in [3.63, 3.8) is 0 Å². The lowest BCUT2D eigenvalue weighted by molar-refractivity contribution is -0.142. The number of aliphatic hydroxyl groups is 1. The van der Waals surface area contributed by atoms with Gasteiger partial charge in [-0.05, 0) is 62.2 Å². The van der Waals surface area contributed by atoms with Crippen molar-refractivity contribution in [2.24, 2.45) is 0 Å². The van der Waals surface area contributed by atoms with Crippen LogP contribution in [0, 0.1) is 0 Å². The molecule has 0 spiro atoms. The highest BCUT2D eigenvalue weighted by Crippen LogP contribution is 2.43. The van der Waals surface area contributed by atoms with Gasteiger partial charge in [0.25, 0.3) is 11.7 Å². The Balaban J connectivity index is 1.82. The molecule has 202 valence electrons. The quantitative estimate of drug-likeness (QED) is 0.175. The number of rotatable bonds is 10. The Hall–Kier alpha value is -4.66. The second kappa shape index (κ2) is 12.3. The number of Topliss-reactive ketones (excluding diaryl/α,β-unsaturated/α-hetero) is 1. The summed E-state index contributed by atoms with van der Waals surface area (Å²) in [6.45, 7) is 6.44. The van der Waals surface area contributed by atoms with Crippen LogP contribution in [0.3, 0.4) is 0 Å². The molecule has 1 aromatic heterocycles. The summed E-state index contributed by atoms with van der Waals surface area (Å²) < 4.78 is 16.3. The number of anilines is 1. The second-order valence-electron chi connectivity index (χ2n) is 8.63. The van der Waals surface area contributed by atoms with E-state index in [2.05, 4.69) is 4.98 Å². The van der Waals surface area contributed by atoms with E-state index in [1.807, 2.05) is 6.92 Å². The molecule has 1 aliphatic heterocycles. The first-order chi connectivity index (χ1) is 18.9. The molecule has 2 heterocycles. The Kier molecular flexibility index (Phi) is 8.60. The predicted octanol–water partition coefficient (Wildman–Crippen LogP) is 4.61. The minimum absolute atomic E-state index is 0.0803. The minimum atomic E-state index is -0.948. The second-order valence-corrected chi connectivity index (χ2v) is 8.63. The van der Waals surface area contributed by atoms with E-state index >= 15 is 0 Å². The SMILES string of the molecule is CCOC(=O)Cc1ccc(N2C(=O)C(=O)/C(=C(\O)c3ccc(OCC)cc3OCC)C2c2cccnc2)cc1. The van der Waals surface area contributed by atoms with Crippen LogP contribution in [0.25, 0.3) is 5.76 Å². The summed E-state index contributed by atoms with van der Waals surface area (Å²) in [5.41, 5.74) is 1.83. The average Bonchev–Trinajstić information content (AvgIpc) is 3.20. The molecule has 0 radical (unpaired) electrons. The van der Waals surface area contributed by atoms with Crippen LogP contribution >= 0.6 is 0 Å². The molecule has 1 N–H and O–H groups in total. The number of carbonyl (C=O) groups excluding carboxylic acids is 3. The monoisotopic (exact) mass is 530 g/mol. The van der Waals surface area contributed by atoms with Crippen LogP contribution in [0.4, 0.5) is 5.69 Å². The highest BCUT2D eigenvalue weighted by Gasteiger charge is 2.47. The first-order valence-corrected chi connectivity index (χ1v) is 12.7. The Labute approximate surface area is 226 Å². The number of ketones is 1. The molecular formula is C30H30N2O7. The zero-order valence-corrected chi connectivity index (χ0v) is 22.0. The van der Waals surface area contributed by atoms with Gasteiger partial charge in [0.1, 0.15) is 17.3 Å². The molecule has 4 rings (SSSR count). The number of aliphatic hydroxyl groups excluding tert-OH is 1. The molecule has 0 saturated carbocycles. The zero-order valence-electron chi connectivity index (χ0n) is 22.0. The number of benzene rings is 2. The Morgan fingerprint density at radius 3 is 2.36 bits per heavy atom.